The van der Waals surface area contributed by atoms with Gasteiger partial charge in [-0.2, -0.15) is 0 Å². The van der Waals surface area contributed by atoms with E-state index in [2.05, 4.69) is 4.98 Å². The second kappa shape index (κ2) is 10.5. The van der Waals surface area contributed by atoms with Crippen LogP contribution in [0, 0.1) is 0 Å². The van der Waals surface area contributed by atoms with E-state index >= 15 is 0 Å². The van der Waals surface area contributed by atoms with Gasteiger partial charge in [0, 0.05) is 11.6 Å². The lowest BCUT2D eigenvalue weighted by Gasteiger charge is -2.21. The summed E-state index contributed by atoms with van der Waals surface area (Å²) in [5, 5.41) is 0. The van der Waals surface area contributed by atoms with Crippen LogP contribution in [0.15, 0.2) is 52.1 Å². The Bertz CT molecular complexity index is 1470. The monoisotopic (exact) mass is 507 g/mol. The third-order valence-corrected chi connectivity index (χ3v) is 5.96. The highest BCUT2D eigenvalue weighted by Crippen LogP contribution is 2.27. The topological polar surface area (TPSA) is 137 Å². The Balaban J connectivity index is 1.86. The van der Waals surface area contributed by atoms with Crippen molar-refractivity contribution in [2.24, 2.45) is 0 Å². The van der Waals surface area contributed by atoms with Crippen molar-refractivity contribution in [3.05, 3.63) is 91.3 Å². The molecule has 4 rings (SSSR count). The Kier molecular flexibility index (Phi) is 7.23. The molecule has 0 radical (unpaired) electrons. The Morgan fingerprint density at radius 1 is 0.919 bits per heavy atom. The van der Waals surface area contributed by atoms with Crippen molar-refractivity contribution in [1.29, 1.82) is 0 Å². The molecular formula is C26H25N3O8. The molecule has 2 amide bonds. The van der Waals surface area contributed by atoms with Gasteiger partial charge in [0.15, 0.2) is 0 Å². The maximum absolute atomic E-state index is 13.1. The van der Waals surface area contributed by atoms with E-state index in [4.69, 9.17) is 14.2 Å². The molecule has 0 atom stereocenters. The lowest BCUT2D eigenvalue weighted by atomic mass is 10.1. The fourth-order valence-corrected chi connectivity index (χ4v) is 4.11. The first-order chi connectivity index (χ1) is 17.8. The smallest absolute Gasteiger partial charge is 0.345 e. The van der Waals surface area contributed by atoms with Crippen LogP contribution in [0.2, 0.25) is 0 Å². The van der Waals surface area contributed by atoms with Gasteiger partial charge in [-0.05, 0) is 30.7 Å². The number of H-pyrrole nitrogens is 1. The highest BCUT2D eigenvalue weighted by atomic mass is 16.5. The van der Waals surface area contributed by atoms with Crippen LogP contribution in [0.3, 0.4) is 0 Å². The summed E-state index contributed by atoms with van der Waals surface area (Å²) in [6.07, 6.45) is 0.500. The number of aromatic amines is 1. The molecule has 0 saturated carbocycles. The minimum atomic E-state index is -0.976. The van der Waals surface area contributed by atoms with Crippen molar-refractivity contribution in [3.8, 4) is 11.5 Å². The lowest BCUT2D eigenvalue weighted by molar-refractivity contribution is 0.0491. The van der Waals surface area contributed by atoms with Gasteiger partial charge in [-0.1, -0.05) is 19.1 Å². The Morgan fingerprint density at radius 3 is 2.19 bits per heavy atom. The Morgan fingerprint density at radius 2 is 1.59 bits per heavy atom. The molecule has 37 heavy (non-hydrogen) atoms. The molecule has 3 aromatic rings. The average Bonchev–Trinajstić information content (AvgIpc) is 3.14. The van der Waals surface area contributed by atoms with Crippen molar-refractivity contribution < 1.29 is 28.6 Å². The summed E-state index contributed by atoms with van der Waals surface area (Å²) in [5.41, 5.74) is -1.50. The number of rotatable bonds is 9. The van der Waals surface area contributed by atoms with E-state index in [1.807, 2.05) is 0 Å². The summed E-state index contributed by atoms with van der Waals surface area (Å²) in [5.74, 6) is -1.27. The van der Waals surface area contributed by atoms with E-state index in [0.29, 0.717) is 23.5 Å². The number of aromatic nitrogens is 2. The zero-order valence-electron chi connectivity index (χ0n) is 20.5. The van der Waals surface area contributed by atoms with E-state index in [9.17, 15) is 24.0 Å². The second-order valence-corrected chi connectivity index (χ2v) is 8.22. The van der Waals surface area contributed by atoms with Gasteiger partial charge < -0.3 is 14.2 Å². The van der Waals surface area contributed by atoms with Crippen LogP contribution >= 0.6 is 0 Å². The lowest BCUT2D eigenvalue weighted by Crippen LogP contribution is -2.41. The molecular weight excluding hydrogens is 482 g/mol. The minimum Gasteiger partial charge on any atom is -0.497 e. The SMILES string of the molecule is CCCOC(=O)c1c(CN2C(=O)c3ccccc3C2=O)n(Cc2ccc(OC)cc2OC)c(=O)[nH]c1=O. The van der Waals surface area contributed by atoms with Gasteiger partial charge in [0.2, 0.25) is 0 Å². The van der Waals surface area contributed by atoms with E-state index in [1.54, 1.807) is 37.3 Å². The van der Waals surface area contributed by atoms with E-state index in [0.717, 1.165) is 9.47 Å². The first kappa shape index (κ1) is 25.4. The van der Waals surface area contributed by atoms with Gasteiger partial charge in [-0.3, -0.25) is 28.8 Å². The van der Waals surface area contributed by atoms with Crippen LogP contribution < -0.4 is 20.7 Å². The molecule has 0 bridgehead atoms. The van der Waals surface area contributed by atoms with E-state index in [1.165, 1.54) is 26.4 Å². The molecule has 1 N–H and O–H groups in total. The Labute approximate surface area is 211 Å². The molecule has 2 aromatic carbocycles. The van der Waals surface area contributed by atoms with E-state index < -0.39 is 41.1 Å². The normalized spacial score (nSPS) is 12.5. The first-order valence-electron chi connectivity index (χ1n) is 11.5. The van der Waals surface area contributed by atoms with Crippen LogP contribution in [-0.4, -0.2) is 53.1 Å². The summed E-state index contributed by atoms with van der Waals surface area (Å²) in [4.78, 5) is 68.0. The standard InChI is InChI=1S/C26H25N3O8/c1-4-11-37-25(33)21-19(14-29-23(31)17-7-5-6-8-18(17)24(29)32)28(26(34)27-22(21)30)13-15-9-10-16(35-2)12-20(15)36-3/h5-10,12H,4,11,13-14H2,1-3H3,(H,27,30,34). The summed E-state index contributed by atoms with van der Waals surface area (Å²) in [6, 6.07) is 11.2. The van der Waals surface area contributed by atoms with Gasteiger partial charge >= 0.3 is 11.7 Å². The number of nitrogens with one attached hydrogen (secondary N) is 1. The van der Waals surface area contributed by atoms with Crippen molar-refractivity contribution in [3.63, 3.8) is 0 Å². The minimum absolute atomic E-state index is 0.0379. The van der Waals surface area contributed by atoms with Crippen LogP contribution in [0.5, 0.6) is 11.5 Å². The summed E-state index contributed by atoms with van der Waals surface area (Å²) in [7, 11) is 2.94. The average molecular weight is 507 g/mol. The number of fused-ring (bicyclic) bond motifs is 1. The highest BCUT2D eigenvalue weighted by molar-refractivity contribution is 6.21. The summed E-state index contributed by atoms with van der Waals surface area (Å²) < 4.78 is 17.0. The van der Waals surface area contributed by atoms with Gasteiger partial charge in [-0.15, -0.1) is 0 Å². The summed E-state index contributed by atoms with van der Waals surface area (Å²) in [6.45, 7) is 1.18. The number of hydrogen-bond acceptors (Lipinski definition) is 8. The number of ether oxygens (including phenoxy) is 3. The number of imide groups is 1. The first-order valence-corrected chi connectivity index (χ1v) is 11.5. The molecule has 0 aliphatic carbocycles. The molecule has 0 saturated heterocycles. The number of amides is 2. The largest absolute Gasteiger partial charge is 0.497 e. The van der Waals surface area contributed by atoms with Crippen molar-refractivity contribution in [2.45, 2.75) is 26.4 Å². The third-order valence-electron chi connectivity index (χ3n) is 5.96. The quantitative estimate of drug-likeness (QED) is 0.343. The molecule has 0 fully saturated rings. The van der Waals surface area contributed by atoms with E-state index in [-0.39, 0.29) is 30.0 Å². The number of hydrogen-bond donors (Lipinski definition) is 1. The maximum atomic E-state index is 13.1. The maximum Gasteiger partial charge on any atom is 0.345 e. The zero-order chi connectivity index (χ0) is 26.7. The molecule has 1 aliphatic heterocycles. The summed E-state index contributed by atoms with van der Waals surface area (Å²) >= 11 is 0. The van der Waals surface area contributed by atoms with Crippen LogP contribution in [-0.2, 0) is 17.8 Å². The molecule has 0 unspecified atom stereocenters. The fourth-order valence-electron chi connectivity index (χ4n) is 4.11. The van der Waals surface area contributed by atoms with Crippen molar-refractivity contribution in [1.82, 2.24) is 14.5 Å². The fraction of sp³-hybridized carbons (Fsp3) is 0.269. The predicted octanol–water partition coefficient (Wildman–Crippen LogP) is 1.97. The number of nitrogens with zero attached hydrogens (tertiary/aromatic N) is 2. The Hall–Kier alpha value is -4.67. The van der Waals surface area contributed by atoms with Gasteiger partial charge in [0.05, 0.1) is 50.7 Å². The number of methoxy groups -OCH3 is 2. The number of esters is 1. The molecule has 11 heteroatoms. The predicted molar refractivity (Wildman–Crippen MR) is 131 cm³/mol. The van der Waals surface area contributed by atoms with Crippen LogP contribution in [0.4, 0.5) is 0 Å². The molecule has 11 nitrogen and oxygen atoms in total. The second-order valence-electron chi connectivity index (χ2n) is 8.22. The van der Waals surface area contributed by atoms with Gasteiger partial charge in [0.25, 0.3) is 17.4 Å². The van der Waals surface area contributed by atoms with Crippen molar-refractivity contribution >= 4 is 17.8 Å². The molecule has 1 aromatic heterocycles. The molecule has 1 aliphatic rings. The number of benzene rings is 2. The van der Waals surface area contributed by atoms with Crippen LogP contribution in [0.25, 0.3) is 0 Å². The third kappa shape index (κ3) is 4.75. The molecule has 2 heterocycles. The van der Waals surface area contributed by atoms with Crippen LogP contribution in [0.1, 0.15) is 55.7 Å². The highest BCUT2D eigenvalue weighted by Gasteiger charge is 2.37. The van der Waals surface area contributed by atoms with Gasteiger partial charge in [-0.25, -0.2) is 9.59 Å². The number of carbonyl (C=O) groups is 3. The van der Waals surface area contributed by atoms with Crippen molar-refractivity contribution in [2.75, 3.05) is 20.8 Å². The number of carbonyl (C=O) groups excluding carboxylic acids is 3. The van der Waals surface area contributed by atoms with Gasteiger partial charge in [0.1, 0.15) is 17.1 Å². The molecule has 0 spiro atoms. The zero-order valence-corrected chi connectivity index (χ0v) is 20.5. The molecule has 192 valence electrons.